The molecule has 0 bridgehead atoms. The second-order valence-electron chi connectivity index (χ2n) is 4.97. The van der Waals surface area contributed by atoms with Crippen molar-refractivity contribution in [3.05, 3.63) is 71.2 Å². The van der Waals surface area contributed by atoms with E-state index in [1.165, 1.54) is 0 Å². The molecule has 0 radical (unpaired) electrons. The second-order valence-corrected chi connectivity index (χ2v) is 5.40. The molecule has 0 aliphatic heterocycles. The van der Waals surface area contributed by atoms with Gasteiger partial charge in [0.25, 0.3) is 0 Å². The van der Waals surface area contributed by atoms with Crippen molar-refractivity contribution in [1.82, 2.24) is 0 Å². The van der Waals surface area contributed by atoms with Gasteiger partial charge in [-0.1, -0.05) is 41.9 Å². The van der Waals surface area contributed by atoms with Crippen LogP contribution in [0.5, 0.6) is 11.5 Å². The van der Waals surface area contributed by atoms with Crippen molar-refractivity contribution in [1.29, 1.82) is 0 Å². The molecular formula is C19H15ClO3. The molecule has 0 atom stereocenters. The van der Waals surface area contributed by atoms with Gasteiger partial charge in [-0.05, 0) is 41.1 Å². The van der Waals surface area contributed by atoms with Crippen LogP contribution in [0.4, 0.5) is 0 Å². The van der Waals surface area contributed by atoms with Crippen LogP contribution in [0.1, 0.15) is 10.4 Å². The Labute approximate surface area is 139 Å². The molecular weight excluding hydrogens is 312 g/mol. The Kier molecular flexibility index (Phi) is 4.79. The zero-order valence-electron chi connectivity index (χ0n) is 12.4. The summed E-state index contributed by atoms with van der Waals surface area (Å²) in [7, 11) is 0. The van der Waals surface area contributed by atoms with Crippen molar-refractivity contribution >= 4 is 28.7 Å². The maximum Gasteiger partial charge on any atom is 0.154 e. The summed E-state index contributed by atoms with van der Waals surface area (Å²) in [5.74, 6) is 1.30. The van der Waals surface area contributed by atoms with Gasteiger partial charge in [0.1, 0.15) is 24.7 Å². The topological polar surface area (TPSA) is 35.5 Å². The maximum atomic E-state index is 11.4. The standard InChI is InChI=1S/C19H15ClO3/c20-15-6-8-16(9-7-15)22-11-12-23-19-10-5-14-3-1-2-4-17(14)18(19)13-21/h1-10,13H,11-12H2. The van der Waals surface area contributed by atoms with Crippen LogP contribution in [0.15, 0.2) is 60.7 Å². The molecule has 0 amide bonds. The lowest BCUT2D eigenvalue weighted by Gasteiger charge is -2.11. The smallest absolute Gasteiger partial charge is 0.154 e. The molecule has 0 fully saturated rings. The summed E-state index contributed by atoms with van der Waals surface area (Å²) in [4.78, 5) is 11.4. The summed E-state index contributed by atoms with van der Waals surface area (Å²) in [6, 6.07) is 18.6. The predicted molar refractivity (Wildman–Crippen MR) is 91.8 cm³/mol. The van der Waals surface area contributed by atoms with E-state index in [1.807, 2.05) is 36.4 Å². The molecule has 23 heavy (non-hydrogen) atoms. The van der Waals surface area contributed by atoms with E-state index in [0.29, 0.717) is 29.5 Å². The number of fused-ring (bicyclic) bond motifs is 1. The Hall–Kier alpha value is -2.52. The van der Waals surface area contributed by atoms with E-state index in [4.69, 9.17) is 21.1 Å². The number of carbonyl (C=O) groups is 1. The molecule has 0 aromatic heterocycles. The molecule has 0 unspecified atom stereocenters. The van der Waals surface area contributed by atoms with Gasteiger partial charge in [-0.2, -0.15) is 0 Å². The van der Waals surface area contributed by atoms with Crippen LogP contribution < -0.4 is 9.47 Å². The first-order chi connectivity index (χ1) is 11.3. The van der Waals surface area contributed by atoms with Crippen molar-refractivity contribution in [2.24, 2.45) is 0 Å². The van der Waals surface area contributed by atoms with Gasteiger partial charge in [-0.15, -0.1) is 0 Å². The predicted octanol–water partition coefficient (Wildman–Crippen LogP) is 4.76. The van der Waals surface area contributed by atoms with Crippen molar-refractivity contribution in [2.45, 2.75) is 0 Å². The highest BCUT2D eigenvalue weighted by atomic mass is 35.5. The minimum absolute atomic E-state index is 0.349. The van der Waals surface area contributed by atoms with Crippen LogP contribution in [0.2, 0.25) is 5.02 Å². The van der Waals surface area contributed by atoms with E-state index in [9.17, 15) is 4.79 Å². The minimum Gasteiger partial charge on any atom is -0.490 e. The van der Waals surface area contributed by atoms with E-state index in [-0.39, 0.29) is 0 Å². The third kappa shape index (κ3) is 3.63. The largest absolute Gasteiger partial charge is 0.490 e. The van der Waals surface area contributed by atoms with Gasteiger partial charge in [0.05, 0.1) is 5.56 Å². The first kappa shape index (κ1) is 15.4. The van der Waals surface area contributed by atoms with Crippen LogP contribution in [-0.2, 0) is 0 Å². The third-order valence-electron chi connectivity index (χ3n) is 3.47. The SMILES string of the molecule is O=Cc1c(OCCOc2ccc(Cl)cc2)ccc2ccccc12. The molecule has 3 nitrogen and oxygen atoms in total. The van der Waals surface area contributed by atoms with Crippen molar-refractivity contribution < 1.29 is 14.3 Å². The minimum atomic E-state index is 0.349. The summed E-state index contributed by atoms with van der Waals surface area (Å²) < 4.78 is 11.3. The highest BCUT2D eigenvalue weighted by molar-refractivity contribution is 6.30. The van der Waals surface area contributed by atoms with Gasteiger partial charge >= 0.3 is 0 Å². The molecule has 0 spiro atoms. The number of rotatable bonds is 6. The van der Waals surface area contributed by atoms with Crippen LogP contribution in [-0.4, -0.2) is 19.5 Å². The molecule has 3 aromatic carbocycles. The summed E-state index contributed by atoms with van der Waals surface area (Å²) in [6.45, 7) is 0.731. The van der Waals surface area contributed by atoms with Crippen LogP contribution in [0.25, 0.3) is 10.8 Å². The lowest BCUT2D eigenvalue weighted by atomic mass is 10.0. The fourth-order valence-electron chi connectivity index (χ4n) is 2.36. The van der Waals surface area contributed by atoms with E-state index >= 15 is 0 Å². The molecule has 0 saturated heterocycles. The lowest BCUT2D eigenvalue weighted by Crippen LogP contribution is -2.10. The van der Waals surface area contributed by atoms with Gasteiger partial charge in [-0.25, -0.2) is 0 Å². The van der Waals surface area contributed by atoms with E-state index in [0.717, 1.165) is 22.8 Å². The Morgan fingerprint density at radius 1 is 0.870 bits per heavy atom. The quantitative estimate of drug-likeness (QED) is 0.484. The zero-order chi connectivity index (χ0) is 16.1. The van der Waals surface area contributed by atoms with Gasteiger partial charge in [0, 0.05) is 5.02 Å². The van der Waals surface area contributed by atoms with Crippen molar-refractivity contribution in [3.8, 4) is 11.5 Å². The van der Waals surface area contributed by atoms with Crippen LogP contribution in [0, 0.1) is 0 Å². The van der Waals surface area contributed by atoms with Gasteiger partial charge < -0.3 is 9.47 Å². The summed E-state index contributed by atoms with van der Waals surface area (Å²) in [5, 5.41) is 2.57. The Morgan fingerprint density at radius 2 is 1.61 bits per heavy atom. The monoisotopic (exact) mass is 326 g/mol. The van der Waals surface area contributed by atoms with Crippen LogP contribution >= 0.6 is 11.6 Å². The normalized spacial score (nSPS) is 10.5. The highest BCUT2D eigenvalue weighted by Gasteiger charge is 2.07. The molecule has 0 heterocycles. The number of hydrogen-bond acceptors (Lipinski definition) is 3. The van der Waals surface area contributed by atoms with Gasteiger partial charge in [0.15, 0.2) is 6.29 Å². The molecule has 0 saturated carbocycles. The number of halogens is 1. The lowest BCUT2D eigenvalue weighted by molar-refractivity contribution is 0.112. The summed E-state index contributed by atoms with van der Waals surface area (Å²) in [5.41, 5.74) is 0.564. The summed E-state index contributed by atoms with van der Waals surface area (Å²) >= 11 is 5.82. The fraction of sp³-hybridized carbons (Fsp3) is 0.105. The first-order valence-electron chi connectivity index (χ1n) is 7.26. The first-order valence-corrected chi connectivity index (χ1v) is 7.64. The van der Waals surface area contributed by atoms with Crippen LogP contribution in [0.3, 0.4) is 0 Å². The highest BCUT2D eigenvalue weighted by Crippen LogP contribution is 2.26. The number of hydrogen-bond donors (Lipinski definition) is 0. The van der Waals surface area contributed by atoms with E-state index < -0.39 is 0 Å². The summed E-state index contributed by atoms with van der Waals surface area (Å²) in [6.07, 6.45) is 0.831. The zero-order valence-corrected chi connectivity index (χ0v) is 13.1. The van der Waals surface area contributed by atoms with Gasteiger partial charge in [-0.3, -0.25) is 4.79 Å². The Balaban J connectivity index is 1.65. The number of carbonyl (C=O) groups excluding carboxylic acids is 1. The Morgan fingerprint density at radius 3 is 2.39 bits per heavy atom. The maximum absolute atomic E-state index is 11.4. The molecule has 3 rings (SSSR count). The average molecular weight is 327 g/mol. The van der Waals surface area contributed by atoms with Gasteiger partial charge in [0.2, 0.25) is 0 Å². The van der Waals surface area contributed by atoms with E-state index in [2.05, 4.69) is 0 Å². The van der Waals surface area contributed by atoms with Crippen molar-refractivity contribution in [2.75, 3.05) is 13.2 Å². The molecule has 0 N–H and O–H groups in total. The number of ether oxygens (including phenoxy) is 2. The molecule has 0 aliphatic rings. The number of benzene rings is 3. The fourth-order valence-corrected chi connectivity index (χ4v) is 2.49. The van der Waals surface area contributed by atoms with Crippen molar-refractivity contribution in [3.63, 3.8) is 0 Å². The Bertz CT molecular complexity index is 812. The number of aldehydes is 1. The van der Waals surface area contributed by atoms with E-state index in [1.54, 1.807) is 24.3 Å². The molecule has 116 valence electrons. The average Bonchev–Trinajstić information content (AvgIpc) is 2.59. The second kappa shape index (κ2) is 7.16. The molecule has 0 aliphatic carbocycles. The third-order valence-corrected chi connectivity index (χ3v) is 3.72. The molecule has 3 aromatic rings. The molecule has 4 heteroatoms.